The number of nitrogens with one attached hydrogen (secondary N) is 1. The molecule has 0 saturated carbocycles. The van der Waals surface area contributed by atoms with Crippen molar-refractivity contribution in [2.24, 2.45) is 5.92 Å². The Labute approximate surface area is 194 Å². The quantitative estimate of drug-likeness (QED) is 0.465. The van der Waals surface area contributed by atoms with Crippen LogP contribution in [0.4, 0.5) is 5.69 Å². The number of nitrogens with zero attached hydrogens (tertiary/aromatic N) is 3. The Morgan fingerprint density at radius 2 is 1.79 bits per heavy atom. The number of amides is 1. The number of nitro benzene ring substituents is 1. The van der Waals surface area contributed by atoms with Crippen molar-refractivity contribution in [3.05, 3.63) is 69.3 Å². The minimum atomic E-state index is -3.88. The molecule has 10 heteroatoms. The Kier molecular flexibility index (Phi) is 7.83. The van der Waals surface area contributed by atoms with Gasteiger partial charge < -0.3 is 10.2 Å². The molecule has 33 heavy (non-hydrogen) atoms. The van der Waals surface area contributed by atoms with Crippen LogP contribution in [0.25, 0.3) is 0 Å². The van der Waals surface area contributed by atoms with E-state index in [1.54, 1.807) is 6.92 Å². The van der Waals surface area contributed by atoms with Crippen molar-refractivity contribution >= 4 is 21.6 Å². The third-order valence-electron chi connectivity index (χ3n) is 5.88. The summed E-state index contributed by atoms with van der Waals surface area (Å²) in [6, 6.07) is 11.8. The second kappa shape index (κ2) is 10.4. The minimum Gasteiger partial charge on any atom is -0.352 e. The lowest BCUT2D eigenvalue weighted by Crippen LogP contribution is -2.43. The van der Waals surface area contributed by atoms with E-state index in [9.17, 15) is 23.3 Å². The van der Waals surface area contributed by atoms with E-state index >= 15 is 0 Å². The normalized spacial score (nSPS) is 15.5. The lowest BCUT2D eigenvalue weighted by Gasteiger charge is -2.31. The van der Waals surface area contributed by atoms with Crippen LogP contribution in [0.5, 0.6) is 0 Å². The fraction of sp³-hybridized carbons (Fsp3) is 0.435. The van der Waals surface area contributed by atoms with Gasteiger partial charge in [0.15, 0.2) is 0 Å². The van der Waals surface area contributed by atoms with E-state index in [1.165, 1.54) is 16.4 Å². The molecule has 0 spiro atoms. The molecule has 0 radical (unpaired) electrons. The maximum Gasteiger partial charge on any atom is 0.270 e. The van der Waals surface area contributed by atoms with Gasteiger partial charge in [0.25, 0.3) is 5.69 Å². The average Bonchev–Trinajstić information content (AvgIpc) is 2.78. The van der Waals surface area contributed by atoms with Crippen LogP contribution < -0.4 is 5.32 Å². The van der Waals surface area contributed by atoms with Crippen molar-refractivity contribution in [3.63, 3.8) is 0 Å². The zero-order valence-electron chi connectivity index (χ0n) is 19.2. The number of hydrogen-bond acceptors (Lipinski definition) is 6. The first-order valence-electron chi connectivity index (χ1n) is 10.8. The summed E-state index contributed by atoms with van der Waals surface area (Å²) < 4.78 is 27.5. The van der Waals surface area contributed by atoms with E-state index in [0.717, 1.165) is 23.7 Å². The average molecular weight is 475 g/mol. The lowest BCUT2D eigenvalue weighted by atomic mass is 9.97. The van der Waals surface area contributed by atoms with E-state index in [-0.39, 0.29) is 35.5 Å². The topological polar surface area (TPSA) is 113 Å². The molecule has 1 saturated heterocycles. The number of non-ortho nitro benzene ring substituents is 1. The number of rotatable bonds is 8. The summed E-state index contributed by atoms with van der Waals surface area (Å²) in [4.78, 5) is 25.2. The number of carbonyl (C=O) groups is 1. The molecule has 1 heterocycles. The molecular formula is C23H30N4O5S. The van der Waals surface area contributed by atoms with Gasteiger partial charge in [0.1, 0.15) is 0 Å². The summed E-state index contributed by atoms with van der Waals surface area (Å²) in [5, 5.41) is 14.1. The van der Waals surface area contributed by atoms with Crippen LogP contribution in [0.15, 0.2) is 47.4 Å². The Morgan fingerprint density at radius 3 is 2.39 bits per heavy atom. The number of sulfonamides is 1. The lowest BCUT2D eigenvalue weighted by molar-refractivity contribution is -0.385. The van der Waals surface area contributed by atoms with Gasteiger partial charge in [-0.05, 0) is 50.6 Å². The maximum absolute atomic E-state index is 13.1. The van der Waals surface area contributed by atoms with Crippen LogP contribution in [-0.4, -0.2) is 55.6 Å². The van der Waals surface area contributed by atoms with Gasteiger partial charge in [0, 0.05) is 44.2 Å². The van der Waals surface area contributed by atoms with Gasteiger partial charge in [0.05, 0.1) is 9.82 Å². The molecule has 0 atom stereocenters. The number of benzene rings is 2. The van der Waals surface area contributed by atoms with Crippen molar-refractivity contribution in [3.8, 4) is 0 Å². The maximum atomic E-state index is 13.1. The molecule has 178 valence electrons. The highest BCUT2D eigenvalue weighted by Crippen LogP contribution is 2.28. The highest BCUT2D eigenvalue weighted by atomic mass is 32.2. The van der Waals surface area contributed by atoms with Crippen LogP contribution >= 0.6 is 0 Å². The second-order valence-electron chi connectivity index (χ2n) is 8.61. The molecule has 1 aliphatic heterocycles. The molecule has 1 N–H and O–H groups in total. The Morgan fingerprint density at radius 1 is 1.15 bits per heavy atom. The molecule has 1 amide bonds. The predicted molar refractivity (Wildman–Crippen MR) is 125 cm³/mol. The van der Waals surface area contributed by atoms with E-state index in [0.29, 0.717) is 24.9 Å². The SMILES string of the molecule is Cc1ccc([N+](=O)[O-])cc1S(=O)(=O)N1CCC(C(=O)NCc2ccccc2CN(C)C)CC1. The van der Waals surface area contributed by atoms with Crippen LogP contribution in [0, 0.1) is 23.0 Å². The number of carbonyl (C=O) groups excluding carboxylic acids is 1. The van der Waals surface area contributed by atoms with Gasteiger partial charge in [0.2, 0.25) is 15.9 Å². The van der Waals surface area contributed by atoms with Crippen LogP contribution in [0.3, 0.4) is 0 Å². The van der Waals surface area contributed by atoms with E-state index in [4.69, 9.17) is 0 Å². The number of nitro groups is 1. The van der Waals surface area contributed by atoms with Crippen molar-refractivity contribution < 1.29 is 18.1 Å². The van der Waals surface area contributed by atoms with Gasteiger partial charge >= 0.3 is 0 Å². The third kappa shape index (κ3) is 5.95. The fourth-order valence-electron chi connectivity index (χ4n) is 4.03. The number of aryl methyl sites for hydroxylation is 1. The van der Waals surface area contributed by atoms with E-state index < -0.39 is 14.9 Å². The molecular weight excluding hydrogens is 444 g/mol. The molecule has 1 fully saturated rings. The summed E-state index contributed by atoms with van der Waals surface area (Å²) in [7, 11) is 0.107. The number of hydrogen-bond donors (Lipinski definition) is 1. The highest BCUT2D eigenvalue weighted by molar-refractivity contribution is 7.89. The van der Waals surface area contributed by atoms with Crippen molar-refractivity contribution in [2.75, 3.05) is 27.2 Å². The highest BCUT2D eigenvalue weighted by Gasteiger charge is 2.33. The molecule has 0 unspecified atom stereocenters. The van der Waals surface area contributed by atoms with Crippen molar-refractivity contribution in [1.82, 2.24) is 14.5 Å². The smallest absolute Gasteiger partial charge is 0.270 e. The second-order valence-corrected chi connectivity index (χ2v) is 10.5. The standard InChI is InChI=1S/C23H30N4O5S/c1-17-8-9-21(27(29)30)14-22(17)33(31,32)26-12-10-18(11-13-26)23(28)24-15-19-6-4-5-7-20(19)16-25(2)3/h4-9,14,18H,10-13,15-16H2,1-3H3,(H,24,28). The first-order chi connectivity index (χ1) is 15.6. The van der Waals surface area contributed by atoms with Gasteiger partial charge in [-0.2, -0.15) is 4.31 Å². The molecule has 3 rings (SSSR count). The number of piperidine rings is 1. The Bertz CT molecular complexity index is 1130. The van der Waals surface area contributed by atoms with Crippen LogP contribution in [-0.2, 0) is 27.9 Å². The Hall–Kier alpha value is -2.82. The van der Waals surface area contributed by atoms with Crippen molar-refractivity contribution in [1.29, 1.82) is 0 Å². The zero-order chi connectivity index (χ0) is 24.2. The molecule has 0 aromatic heterocycles. The first kappa shape index (κ1) is 24.8. The molecule has 9 nitrogen and oxygen atoms in total. The van der Waals surface area contributed by atoms with Gasteiger partial charge in [-0.3, -0.25) is 14.9 Å². The largest absolute Gasteiger partial charge is 0.352 e. The van der Waals surface area contributed by atoms with E-state index in [1.807, 2.05) is 38.4 Å². The van der Waals surface area contributed by atoms with E-state index in [2.05, 4.69) is 10.2 Å². The molecule has 2 aromatic rings. The van der Waals surface area contributed by atoms with Crippen molar-refractivity contribution in [2.45, 2.75) is 37.8 Å². The molecule has 1 aliphatic rings. The van der Waals surface area contributed by atoms with Gasteiger partial charge in [-0.15, -0.1) is 0 Å². The zero-order valence-corrected chi connectivity index (χ0v) is 20.0. The minimum absolute atomic E-state index is 0.0582. The summed E-state index contributed by atoms with van der Waals surface area (Å²) in [5.41, 5.74) is 2.40. The summed E-state index contributed by atoms with van der Waals surface area (Å²) >= 11 is 0. The third-order valence-corrected chi connectivity index (χ3v) is 7.92. The van der Waals surface area contributed by atoms with Gasteiger partial charge in [-0.25, -0.2) is 8.42 Å². The first-order valence-corrected chi connectivity index (χ1v) is 12.3. The molecule has 0 aliphatic carbocycles. The van der Waals surface area contributed by atoms with Crippen LogP contribution in [0.1, 0.15) is 29.5 Å². The monoisotopic (exact) mass is 474 g/mol. The summed E-state index contributed by atoms with van der Waals surface area (Å²) in [6.45, 7) is 3.21. The molecule has 0 bridgehead atoms. The molecule has 2 aromatic carbocycles. The van der Waals surface area contributed by atoms with Crippen LogP contribution in [0.2, 0.25) is 0 Å². The van der Waals surface area contributed by atoms with Gasteiger partial charge in [-0.1, -0.05) is 30.3 Å². The predicted octanol–water partition coefficient (Wildman–Crippen LogP) is 2.68. The summed E-state index contributed by atoms with van der Waals surface area (Å²) in [6.07, 6.45) is 0.802. The fourth-order valence-corrected chi connectivity index (χ4v) is 5.74. The Balaban J connectivity index is 1.61. The summed E-state index contributed by atoms with van der Waals surface area (Å²) in [5.74, 6) is -0.359.